The molecular formula is C30H36N4O6S. The predicted octanol–water partition coefficient (Wildman–Crippen LogP) is 4.68. The number of hydrogen-bond acceptors (Lipinski definition) is 6. The van der Waals surface area contributed by atoms with Gasteiger partial charge in [-0.05, 0) is 48.6 Å². The molecule has 0 aliphatic heterocycles. The molecule has 2 amide bonds. The first kappa shape index (κ1) is 31.3. The van der Waals surface area contributed by atoms with Crippen LogP contribution >= 0.6 is 0 Å². The molecule has 3 rings (SSSR count). The number of hydrogen-bond donors (Lipinski definition) is 1. The van der Waals surface area contributed by atoms with E-state index >= 15 is 0 Å². The molecule has 0 radical (unpaired) electrons. The first-order valence-corrected chi connectivity index (χ1v) is 14.8. The van der Waals surface area contributed by atoms with Crippen molar-refractivity contribution in [2.24, 2.45) is 5.92 Å². The molecule has 1 N–H and O–H groups in total. The standard InChI is InChI=1S/C30H36N4O6S/c1-5-28(30(36)31-19-22(2)3)32(20-24-13-10-9-12-23(24)4)29(35)21-33(25-14-11-15-26(18-25)34(37)38)41(39,40)27-16-7-6-8-17-27/h6-18,22,28H,5,19-21H2,1-4H3,(H,31,36). The van der Waals surface area contributed by atoms with Crippen LogP contribution in [-0.4, -0.2) is 49.2 Å². The molecule has 0 saturated carbocycles. The van der Waals surface area contributed by atoms with Crippen LogP contribution < -0.4 is 9.62 Å². The van der Waals surface area contributed by atoms with Gasteiger partial charge in [-0.3, -0.25) is 24.0 Å². The Morgan fingerprint density at radius 1 is 0.976 bits per heavy atom. The minimum atomic E-state index is -4.32. The Morgan fingerprint density at radius 3 is 2.24 bits per heavy atom. The molecule has 0 aliphatic carbocycles. The number of sulfonamides is 1. The summed E-state index contributed by atoms with van der Waals surface area (Å²) >= 11 is 0. The van der Waals surface area contributed by atoms with Crippen molar-refractivity contribution in [2.45, 2.75) is 51.6 Å². The van der Waals surface area contributed by atoms with Crippen molar-refractivity contribution < 1.29 is 22.9 Å². The Hall–Kier alpha value is -4.25. The van der Waals surface area contributed by atoms with Crippen LogP contribution in [0.15, 0.2) is 83.8 Å². The quantitative estimate of drug-likeness (QED) is 0.231. The fourth-order valence-corrected chi connectivity index (χ4v) is 5.75. The second-order valence-corrected chi connectivity index (χ2v) is 12.0. The summed E-state index contributed by atoms with van der Waals surface area (Å²) in [6.45, 7) is 7.44. The fraction of sp³-hybridized carbons (Fsp3) is 0.333. The third-order valence-electron chi connectivity index (χ3n) is 6.61. The van der Waals surface area contributed by atoms with Crippen molar-refractivity contribution in [1.82, 2.24) is 10.2 Å². The number of anilines is 1. The summed E-state index contributed by atoms with van der Waals surface area (Å²) in [5.74, 6) is -0.765. The average molecular weight is 581 g/mol. The fourth-order valence-electron chi connectivity index (χ4n) is 4.32. The molecule has 41 heavy (non-hydrogen) atoms. The van der Waals surface area contributed by atoms with Gasteiger partial charge in [-0.2, -0.15) is 0 Å². The summed E-state index contributed by atoms with van der Waals surface area (Å²) in [6, 6.07) is 19.3. The Kier molecular flexibility index (Phi) is 10.6. The molecule has 1 atom stereocenters. The highest BCUT2D eigenvalue weighted by atomic mass is 32.2. The number of carbonyl (C=O) groups excluding carboxylic acids is 2. The van der Waals surface area contributed by atoms with Crippen molar-refractivity contribution >= 4 is 33.2 Å². The number of nitro groups is 1. The van der Waals surface area contributed by atoms with Crippen LogP contribution in [0.2, 0.25) is 0 Å². The van der Waals surface area contributed by atoms with E-state index in [0.29, 0.717) is 13.0 Å². The van der Waals surface area contributed by atoms with Crippen LogP contribution in [0.25, 0.3) is 0 Å². The molecule has 1 unspecified atom stereocenters. The van der Waals surface area contributed by atoms with E-state index in [1.54, 1.807) is 25.1 Å². The monoisotopic (exact) mass is 580 g/mol. The Morgan fingerprint density at radius 2 is 1.63 bits per heavy atom. The summed E-state index contributed by atoms with van der Waals surface area (Å²) in [5, 5.41) is 14.4. The van der Waals surface area contributed by atoms with E-state index in [1.165, 1.54) is 35.2 Å². The van der Waals surface area contributed by atoms with Gasteiger partial charge in [0.2, 0.25) is 11.8 Å². The number of aryl methyl sites for hydroxylation is 1. The number of nitrogens with one attached hydrogen (secondary N) is 1. The zero-order valence-electron chi connectivity index (χ0n) is 23.7. The second kappa shape index (κ2) is 13.9. The lowest BCUT2D eigenvalue weighted by atomic mass is 10.1. The van der Waals surface area contributed by atoms with Gasteiger partial charge in [-0.1, -0.05) is 69.3 Å². The van der Waals surface area contributed by atoms with Crippen molar-refractivity contribution in [3.05, 3.63) is 100 Å². The van der Waals surface area contributed by atoms with E-state index < -0.39 is 33.4 Å². The summed E-state index contributed by atoms with van der Waals surface area (Å²) in [5.41, 5.74) is 1.36. The molecule has 3 aromatic carbocycles. The van der Waals surface area contributed by atoms with Crippen molar-refractivity contribution in [3.8, 4) is 0 Å². The van der Waals surface area contributed by atoms with Crippen LogP contribution in [0.1, 0.15) is 38.3 Å². The van der Waals surface area contributed by atoms with Crippen LogP contribution in [0.3, 0.4) is 0 Å². The SMILES string of the molecule is CCC(C(=O)NCC(C)C)N(Cc1ccccc1C)C(=O)CN(c1cccc([N+](=O)[O-])c1)S(=O)(=O)c1ccccc1. The maximum Gasteiger partial charge on any atom is 0.271 e. The Labute approximate surface area is 241 Å². The van der Waals surface area contributed by atoms with E-state index in [9.17, 15) is 28.1 Å². The number of nitrogens with zero attached hydrogens (tertiary/aromatic N) is 3. The smallest absolute Gasteiger partial charge is 0.271 e. The molecule has 3 aromatic rings. The maximum atomic E-state index is 14.1. The molecule has 10 nitrogen and oxygen atoms in total. The van der Waals surface area contributed by atoms with E-state index in [0.717, 1.165) is 21.5 Å². The third kappa shape index (κ3) is 7.91. The minimum Gasteiger partial charge on any atom is -0.354 e. The van der Waals surface area contributed by atoms with E-state index in [2.05, 4.69) is 5.32 Å². The highest BCUT2D eigenvalue weighted by Crippen LogP contribution is 2.28. The van der Waals surface area contributed by atoms with E-state index in [1.807, 2.05) is 45.0 Å². The normalized spacial score (nSPS) is 12.0. The largest absolute Gasteiger partial charge is 0.354 e. The van der Waals surface area contributed by atoms with Crippen LogP contribution in [-0.2, 0) is 26.2 Å². The van der Waals surface area contributed by atoms with Gasteiger partial charge in [0, 0.05) is 25.2 Å². The lowest BCUT2D eigenvalue weighted by Crippen LogP contribution is -2.52. The second-order valence-electron chi connectivity index (χ2n) is 10.1. The topological polar surface area (TPSA) is 130 Å². The van der Waals surface area contributed by atoms with Gasteiger partial charge in [0.25, 0.3) is 15.7 Å². The van der Waals surface area contributed by atoms with Gasteiger partial charge >= 0.3 is 0 Å². The van der Waals surface area contributed by atoms with Gasteiger partial charge in [-0.15, -0.1) is 0 Å². The van der Waals surface area contributed by atoms with Crippen molar-refractivity contribution in [2.75, 3.05) is 17.4 Å². The van der Waals surface area contributed by atoms with Crippen LogP contribution in [0.4, 0.5) is 11.4 Å². The number of nitro benzene ring substituents is 1. The summed E-state index contributed by atoms with van der Waals surface area (Å²) in [6.07, 6.45) is 0.295. The van der Waals surface area contributed by atoms with Gasteiger partial charge in [-0.25, -0.2) is 8.42 Å². The molecule has 0 saturated heterocycles. The molecule has 0 spiro atoms. The summed E-state index contributed by atoms with van der Waals surface area (Å²) in [7, 11) is -4.32. The minimum absolute atomic E-state index is 0.0375. The van der Waals surface area contributed by atoms with E-state index in [-0.39, 0.29) is 34.6 Å². The number of rotatable bonds is 13. The predicted molar refractivity (Wildman–Crippen MR) is 158 cm³/mol. The van der Waals surface area contributed by atoms with Gasteiger partial charge in [0.1, 0.15) is 12.6 Å². The number of carbonyl (C=O) groups is 2. The van der Waals surface area contributed by atoms with Gasteiger partial charge in [0.05, 0.1) is 15.5 Å². The highest BCUT2D eigenvalue weighted by molar-refractivity contribution is 7.92. The lowest BCUT2D eigenvalue weighted by Gasteiger charge is -2.33. The molecule has 0 aromatic heterocycles. The van der Waals surface area contributed by atoms with Crippen LogP contribution in [0, 0.1) is 23.0 Å². The molecule has 11 heteroatoms. The maximum absolute atomic E-state index is 14.1. The molecule has 218 valence electrons. The zero-order chi connectivity index (χ0) is 30.2. The first-order valence-electron chi connectivity index (χ1n) is 13.4. The number of benzene rings is 3. The lowest BCUT2D eigenvalue weighted by molar-refractivity contribution is -0.384. The zero-order valence-corrected chi connectivity index (χ0v) is 24.5. The number of non-ortho nitro benzene ring substituents is 1. The van der Waals surface area contributed by atoms with Crippen LogP contribution in [0.5, 0.6) is 0 Å². The molecular weight excluding hydrogens is 544 g/mol. The van der Waals surface area contributed by atoms with E-state index in [4.69, 9.17) is 0 Å². The summed E-state index contributed by atoms with van der Waals surface area (Å²) < 4.78 is 28.5. The Bertz CT molecular complexity index is 1480. The van der Waals surface area contributed by atoms with Gasteiger partial charge in [0.15, 0.2) is 0 Å². The van der Waals surface area contributed by atoms with Crippen molar-refractivity contribution in [1.29, 1.82) is 0 Å². The summed E-state index contributed by atoms with van der Waals surface area (Å²) in [4.78, 5) is 39.5. The molecule has 0 fully saturated rings. The van der Waals surface area contributed by atoms with Gasteiger partial charge < -0.3 is 10.2 Å². The average Bonchev–Trinajstić information content (AvgIpc) is 2.95. The highest BCUT2D eigenvalue weighted by Gasteiger charge is 2.34. The third-order valence-corrected chi connectivity index (χ3v) is 8.40. The first-order chi connectivity index (χ1) is 19.4. The molecule has 0 bridgehead atoms. The molecule has 0 heterocycles. The number of amides is 2. The molecule has 0 aliphatic rings. The van der Waals surface area contributed by atoms with Crippen molar-refractivity contribution in [3.63, 3.8) is 0 Å². The Balaban J connectivity index is 2.09.